The number of nitro groups is 1. The van der Waals surface area contributed by atoms with E-state index in [1.165, 1.54) is 0 Å². The van der Waals surface area contributed by atoms with Gasteiger partial charge in [0.1, 0.15) is 17.6 Å². The van der Waals surface area contributed by atoms with Crippen LogP contribution >= 0.6 is 0 Å². The number of aryl methyl sites for hydroxylation is 2. The highest BCUT2D eigenvalue weighted by Gasteiger charge is 2.44. The van der Waals surface area contributed by atoms with E-state index >= 15 is 0 Å². The molecule has 1 saturated carbocycles. The predicted octanol–water partition coefficient (Wildman–Crippen LogP) is 3.51. The molecule has 1 aliphatic rings. The van der Waals surface area contributed by atoms with Crippen LogP contribution in [-0.4, -0.2) is 32.2 Å². The van der Waals surface area contributed by atoms with E-state index in [9.17, 15) is 15.2 Å². The predicted molar refractivity (Wildman–Crippen MR) is 94.5 cm³/mol. The molecule has 0 aromatic carbocycles. The molecule has 7 heteroatoms. The highest BCUT2D eigenvalue weighted by Crippen LogP contribution is 2.40. The molecule has 138 valence electrons. The van der Waals surface area contributed by atoms with Crippen LogP contribution in [0.25, 0.3) is 0 Å². The summed E-state index contributed by atoms with van der Waals surface area (Å²) >= 11 is 0. The van der Waals surface area contributed by atoms with E-state index in [4.69, 9.17) is 4.74 Å². The number of aliphatic hydroxyl groups excluding tert-OH is 1. The van der Waals surface area contributed by atoms with E-state index in [0.717, 1.165) is 32.1 Å². The van der Waals surface area contributed by atoms with E-state index in [-0.39, 0.29) is 29.1 Å². The average molecular weight is 349 g/mol. The molecule has 0 radical (unpaired) electrons. The van der Waals surface area contributed by atoms with Crippen LogP contribution in [0.4, 0.5) is 5.69 Å². The van der Waals surface area contributed by atoms with Gasteiger partial charge in [-0.3, -0.25) is 10.1 Å². The molecule has 7 nitrogen and oxygen atoms in total. The molecule has 0 spiro atoms. The Morgan fingerprint density at radius 3 is 2.68 bits per heavy atom. The molecule has 25 heavy (non-hydrogen) atoms. The highest BCUT2D eigenvalue weighted by atomic mass is 16.6. The zero-order valence-electron chi connectivity index (χ0n) is 15.1. The number of aliphatic hydroxyl groups is 1. The first kappa shape index (κ1) is 19.3. The summed E-state index contributed by atoms with van der Waals surface area (Å²) in [7, 11) is 0. The lowest BCUT2D eigenvalue weighted by molar-refractivity contribution is -0.387. The number of aromatic nitrogens is 2. The van der Waals surface area contributed by atoms with E-state index in [2.05, 4.69) is 23.5 Å². The van der Waals surface area contributed by atoms with Crippen LogP contribution in [0.3, 0.4) is 0 Å². The van der Waals surface area contributed by atoms with Gasteiger partial charge in [-0.2, -0.15) is 4.98 Å². The maximum atomic E-state index is 11.4. The molecule has 0 aliphatic heterocycles. The molecule has 1 aliphatic carbocycles. The van der Waals surface area contributed by atoms with Crippen LogP contribution in [-0.2, 0) is 0 Å². The maximum absolute atomic E-state index is 11.4. The summed E-state index contributed by atoms with van der Waals surface area (Å²) in [6.07, 6.45) is 5.10. The maximum Gasteiger partial charge on any atom is 0.351 e. The van der Waals surface area contributed by atoms with E-state index in [1.807, 2.05) is 6.08 Å². The number of allylic oxidation sites excluding steroid dienone is 1. The van der Waals surface area contributed by atoms with Crippen LogP contribution in [0, 0.1) is 35.8 Å². The molecular formula is C18H27N3O4. The van der Waals surface area contributed by atoms with Gasteiger partial charge in [-0.05, 0) is 51.4 Å². The van der Waals surface area contributed by atoms with E-state index < -0.39 is 17.1 Å². The third-order valence-electron chi connectivity index (χ3n) is 4.86. The van der Waals surface area contributed by atoms with Crippen molar-refractivity contribution in [3.8, 4) is 5.88 Å². The van der Waals surface area contributed by atoms with Crippen molar-refractivity contribution < 1.29 is 14.8 Å². The number of ether oxygens (including phenoxy) is 1. The summed E-state index contributed by atoms with van der Waals surface area (Å²) < 4.78 is 5.95. The van der Waals surface area contributed by atoms with Gasteiger partial charge < -0.3 is 9.84 Å². The van der Waals surface area contributed by atoms with Crippen LogP contribution in [0.1, 0.15) is 50.5 Å². The van der Waals surface area contributed by atoms with Crippen molar-refractivity contribution in [3.63, 3.8) is 0 Å². The summed E-state index contributed by atoms with van der Waals surface area (Å²) in [5, 5.41) is 22.1. The van der Waals surface area contributed by atoms with Gasteiger partial charge in [0.05, 0.1) is 11.0 Å². The zero-order chi connectivity index (χ0) is 18.6. The van der Waals surface area contributed by atoms with Crippen molar-refractivity contribution in [2.45, 2.75) is 65.1 Å². The Hall–Kier alpha value is -2.02. The van der Waals surface area contributed by atoms with Crippen molar-refractivity contribution in [2.75, 3.05) is 0 Å². The molecule has 2 rings (SSSR count). The summed E-state index contributed by atoms with van der Waals surface area (Å²) in [5.74, 6) is 0.644. The normalized spacial score (nSPS) is 25.8. The molecule has 0 unspecified atom stereocenters. The van der Waals surface area contributed by atoms with Crippen molar-refractivity contribution in [1.82, 2.24) is 9.97 Å². The molecular weight excluding hydrogens is 322 g/mol. The largest absolute Gasteiger partial charge is 0.466 e. The first-order chi connectivity index (χ1) is 11.9. The van der Waals surface area contributed by atoms with Crippen molar-refractivity contribution in [2.24, 2.45) is 11.8 Å². The van der Waals surface area contributed by atoms with Gasteiger partial charge in [-0.15, -0.1) is 6.58 Å². The molecule has 1 N–H and O–H groups in total. The number of hydrogen-bond donors (Lipinski definition) is 1. The third-order valence-corrected chi connectivity index (χ3v) is 4.86. The molecule has 0 amide bonds. The summed E-state index contributed by atoms with van der Waals surface area (Å²) in [5.41, 5.74) is 0.0481. The number of hydrogen-bond acceptors (Lipinski definition) is 6. The quantitative estimate of drug-likeness (QED) is 0.438. The van der Waals surface area contributed by atoms with E-state index in [0.29, 0.717) is 5.82 Å². The van der Waals surface area contributed by atoms with E-state index in [1.54, 1.807) is 13.8 Å². The number of nitrogens with zero attached hydrogens (tertiary/aromatic N) is 3. The average Bonchev–Trinajstić information content (AvgIpc) is 2.81. The third kappa shape index (κ3) is 4.34. The van der Waals surface area contributed by atoms with Gasteiger partial charge in [0, 0.05) is 0 Å². The minimum atomic E-state index is -0.648. The first-order valence-electron chi connectivity index (χ1n) is 8.84. The Balaban J connectivity index is 2.32. The highest BCUT2D eigenvalue weighted by molar-refractivity contribution is 5.45. The summed E-state index contributed by atoms with van der Waals surface area (Å²) in [4.78, 5) is 19.1. The van der Waals surface area contributed by atoms with Crippen LogP contribution in [0.15, 0.2) is 12.7 Å². The van der Waals surface area contributed by atoms with Gasteiger partial charge in [0.2, 0.25) is 0 Å². The Bertz CT molecular complexity index is 635. The first-order valence-corrected chi connectivity index (χ1v) is 8.84. The standard InChI is InChI=1S/C18H27N3O4/c1-5-7-9-14-10-13(8-6-2)16(22)17(14)25-18-15(21(23)24)11(3)19-12(4)20-18/h5,13-14,16-17,22H,1,6-10H2,2-4H3/t13-,14-,16-,17+/m0/s1. The topological polar surface area (TPSA) is 98.4 Å². The molecule has 1 aromatic heterocycles. The van der Waals surface area contributed by atoms with Crippen LogP contribution in [0.5, 0.6) is 5.88 Å². The van der Waals surface area contributed by atoms with Gasteiger partial charge in [-0.1, -0.05) is 19.4 Å². The second-order valence-electron chi connectivity index (χ2n) is 6.75. The second-order valence-corrected chi connectivity index (χ2v) is 6.75. The van der Waals surface area contributed by atoms with Crippen molar-refractivity contribution in [3.05, 3.63) is 34.3 Å². The SMILES string of the molecule is C=CCC[C@H]1C[C@H](CCC)[C@H](O)[C@@H]1Oc1nc(C)nc(C)c1[N+](=O)[O-]. The van der Waals surface area contributed by atoms with Gasteiger partial charge in [0.25, 0.3) is 5.88 Å². The molecule has 0 saturated heterocycles. The Kier molecular flexibility index (Phi) is 6.47. The Morgan fingerprint density at radius 2 is 2.08 bits per heavy atom. The Labute approximate surface area is 148 Å². The lowest BCUT2D eigenvalue weighted by atomic mass is 9.97. The fourth-order valence-corrected chi connectivity index (χ4v) is 3.75. The molecule has 0 bridgehead atoms. The molecule has 1 heterocycles. The summed E-state index contributed by atoms with van der Waals surface area (Å²) in [6, 6.07) is 0. The van der Waals surface area contributed by atoms with Gasteiger partial charge >= 0.3 is 5.69 Å². The van der Waals surface area contributed by atoms with Crippen LogP contribution in [0.2, 0.25) is 0 Å². The molecule has 1 aromatic rings. The number of rotatable bonds is 8. The lowest BCUT2D eigenvalue weighted by Crippen LogP contribution is -2.34. The molecule has 1 fully saturated rings. The minimum absolute atomic E-state index is 0.0419. The summed E-state index contributed by atoms with van der Waals surface area (Å²) in [6.45, 7) is 9.08. The fourth-order valence-electron chi connectivity index (χ4n) is 3.75. The smallest absolute Gasteiger partial charge is 0.351 e. The molecule has 4 atom stereocenters. The Morgan fingerprint density at radius 1 is 1.36 bits per heavy atom. The lowest BCUT2D eigenvalue weighted by Gasteiger charge is -2.23. The van der Waals surface area contributed by atoms with Gasteiger partial charge in [-0.25, -0.2) is 4.98 Å². The van der Waals surface area contributed by atoms with Gasteiger partial charge in [0.15, 0.2) is 0 Å². The zero-order valence-corrected chi connectivity index (χ0v) is 15.1. The fraction of sp³-hybridized carbons (Fsp3) is 0.667. The van der Waals surface area contributed by atoms with Crippen LogP contribution < -0.4 is 4.74 Å². The van der Waals surface area contributed by atoms with Crippen molar-refractivity contribution >= 4 is 5.69 Å². The minimum Gasteiger partial charge on any atom is -0.466 e. The van der Waals surface area contributed by atoms with Crippen molar-refractivity contribution in [1.29, 1.82) is 0 Å². The second kappa shape index (κ2) is 8.38. The monoisotopic (exact) mass is 349 g/mol.